The van der Waals surface area contributed by atoms with Crippen LogP contribution in [0.25, 0.3) is 0 Å². The van der Waals surface area contributed by atoms with Crippen molar-refractivity contribution in [3.63, 3.8) is 0 Å². The van der Waals surface area contributed by atoms with E-state index >= 15 is 0 Å². The zero-order valence-electron chi connectivity index (χ0n) is 12.4. The minimum Gasteiger partial charge on any atom is -0.383 e. The maximum absolute atomic E-state index is 12.6. The van der Waals surface area contributed by atoms with Crippen molar-refractivity contribution in [1.29, 1.82) is 5.26 Å². The first-order chi connectivity index (χ1) is 10.3. The van der Waals surface area contributed by atoms with Gasteiger partial charge in [-0.1, -0.05) is 6.07 Å². The number of hydrogen-bond acceptors (Lipinski definition) is 4. The summed E-state index contributed by atoms with van der Waals surface area (Å²) < 4.78 is 5.04. The van der Waals surface area contributed by atoms with E-state index in [0.29, 0.717) is 31.7 Å². The Labute approximate surface area is 125 Å². The number of benzene rings is 1. The summed E-state index contributed by atoms with van der Waals surface area (Å²) in [4.78, 5) is 14.3. The van der Waals surface area contributed by atoms with Crippen LogP contribution in [0.1, 0.15) is 27.9 Å². The van der Waals surface area contributed by atoms with Crippen LogP contribution in [0.5, 0.6) is 0 Å². The molecule has 0 spiro atoms. The van der Waals surface area contributed by atoms with Gasteiger partial charge < -0.3 is 15.0 Å². The van der Waals surface area contributed by atoms with Crippen LogP contribution in [-0.2, 0) is 17.7 Å². The van der Waals surface area contributed by atoms with Gasteiger partial charge in [-0.3, -0.25) is 4.79 Å². The normalized spacial score (nSPS) is 13.3. The van der Waals surface area contributed by atoms with Crippen molar-refractivity contribution in [3.05, 3.63) is 34.9 Å². The molecular formula is C16H21N3O2. The van der Waals surface area contributed by atoms with Gasteiger partial charge >= 0.3 is 0 Å². The zero-order valence-corrected chi connectivity index (χ0v) is 12.4. The van der Waals surface area contributed by atoms with Gasteiger partial charge in [0.25, 0.3) is 5.91 Å². The van der Waals surface area contributed by atoms with E-state index in [1.807, 2.05) is 18.2 Å². The van der Waals surface area contributed by atoms with Gasteiger partial charge in [0.15, 0.2) is 0 Å². The van der Waals surface area contributed by atoms with E-state index in [-0.39, 0.29) is 5.91 Å². The number of nitriles is 1. The van der Waals surface area contributed by atoms with Crippen LogP contribution in [-0.4, -0.2) is 44.2 Å². The topological polar surface area (TPSA) is 65.4 Å². The van der Waals surface area contributed by atoms with Crippen molar-refractivity contribution in [2.45, 2.75) is 19.4 Å². The second-order valence-electron chi connectivity index (χ2n) is 5.10. The zero-order chi connectivity index (χ0) is 15.1. The standard InChI is InChI=1S/C16H21N3O2/c1-21-10-9-19(8-2-6-17)16(20)14-4-3-13-5-7-18-12-15(13)11-14/h3-4,11,18H,2,5,7-10,12H2,1H3. The highest BCUT2D eigenvalue weighted by molar-refractivity contribution is 5.94. The minimum absolute atomic E-state index is 0.0318. The molecule has 5 heteroatoms. The Hall–Kier alpha value is -1.90. The molecule has 0 aliphatic carbocycles. The second kappa shape index (κ2) is 7.77. The Morgan fingerprint density at radius 2 is 2.29 bits per heavy atom. The number of amides is 1. The number of ether oxygens (including phenoxy) is 1. The molecule has 0 atom stereocenters. The summed E-state index contributed by atoms with van der Waals surface area (Å²) in [7, 11) is 1.61. The first-order valence-corrected chi connectivity index (χ1v) is 7.24. The summed E-state index contributed by atoms with van der Waals surface area (Å²) in [5.74, 6) is -0.0318. The van der Waals surface area contributed by atoms with Crippen LogP contribution in [0.2, 0.25) is 0 Å². The van der Waals surface area contributed by atoms with Crippen molar-refractivity contribution in [2.24, 2.45) is 0 Å². The number of nitrogens with one attached hydrogen (secondary N) is 1. The van der Waals surface area contributed by atoms with E-state index in [0.717, 1.165) is 19.5 Å². The van der Waals surface area contributed by atoms with E-state index in [1.165, 1.54) is 11.1 Å². The maximum atomic E-state index is 12.6. The molecule has 1 aromatic carbocycles. The number of methoxy groups -OCH3 is 1. The second-order valence-corrected chi connectivity index (χ2v) is 5.10. The molecular weight excluding hydrogens is 266 g/mol. The van der Waals surface area contributed by atoms with Gasteiger partial charge in [-0.05, 0) is 36.2 Å². The molecule has 0 unspecified atom stereocenters. The molecule has 21 heavy (non-hydrogen) atoms. The third kappa shape index (κ3) is 4.03. The molecule has 2 rings (SSSR count). The predicted molar refractivity (Wildman–Crippen MR) is 79.9 cm³/mol. The Bertz CT molecular complexity index is 537. The number of fused-ring (bicyclic) bond motifs is 1. The summed E-state index contributed by atoms with van der Waals surface area (Å²) in [6.45, 7) is 3.22. The summed E-state index contributed by atoms with van der Waals surface area (Å²) in [6, 6.07) is 7.99. The van der Waals surface area contributed by atoms with E-state index < -0.39 is 0 Å². The number of rotatable bonds is 6. The molecule has 0 bridgehead atoms. The van der Waals surface area contributed by atoms with Gasteiger partial charge in [0.2, 0.25) is 0 Å². The fraction of sp³-hybridized carbons (Fsp3) is 0.500. The number of carbonyl (C=O) groups is 1. The highest BCUT2D eigenvalue weighted by Gasteiger charge is 2.17. The smallest absolute Gasteiger partial charge is 0.253 e. The molecule has 1 aliphatic rings. The van der Waals surface area contributed by atoms with Crippen molar-refractivity contribution < 1.29 is 9.53 Å². The van der Waals surface area contributed by atoms with Crippen molar-refractivity contribution >= 4 is 5.91 Å². The SMILES string of the molecule is COCCN(CCC#N)C(=O)c1ccc2c(c1)CNCC2. The monoisotopic (exact) mass is 287 g/mol. The summed E-state index contributed by atoms with van der Waals surface area (Å²) in [5, 5.41) is 12.0. The largest absolute Gasteiger partial charge is 0.383 e. The van der Waals surface area contributed by atoms with Crippen molar-refractivity contribution in [1.82, 2.24) is 10.2 Å². The number of carbonyl (C=O) groups excluding carboxylic acids is 1. The molecule has 5 nitrogen and oxygen atoms in total. The van der Waals surface area contributed by atoms with E-state index in [2.05, 4.69) is 11.4 Å². The van der Waals surface area contributed by atoms with E-state index in [1.54, 1.807) is 12.0 Å². The molecule has 1 aliphatic heterocycles. The van der Waals surface area contributed by atoms with Crippen LogP contribution in [0.3, 0.4) is 0 Å². The van der Waals surface area contributed by atoms with Crippen molar-refractivity contribution in [3.8, 4) is 6.07 Å². The molecule has 0 fully saturated rings. The van der Waals surface area contributed by atoms with Crippen LogP contribution < -0.4 is 5.32 Å². The number of hydrogen-bond donors (Lipinski definition) is 1. The summed E-state index contributed by atoms with van der Waals surface area (Å²) in [5.41, 5.74) is 3.19. The maximum Gasteiger partial charge on any atom is 0.253 e. The lowest BCUT2D eigenvalue weighted by molar-refractivity contribution is 0.0699. The van der Waals surface area contributed by atoms with Gasteiger partial charge in [-0.2, -0.15) is 5.26 Å². The molecule has 1 N–H and O–H groups in total. The lowest BCUT2D eigenvalue weighted by atomic mass is 9.98. The third-order valence-electron chi connectivity index (χ3n) is 3.69. The van der Waals surface area contributed by atoms with E-state index in [9.17, 15) is 4.79 Å². The molecule has 112 valence electrons. The first-order valence-electron chi connectivity index (χ1n) is 7.24. The highest BCUT2D eigenvalue weighted by atomic mass is 16.5. The molecule has 0 aromatic heterocycles. The molecule has 1 amide bonds. The van der Waals surface area contributed by atoms with Crippen LogP contribution in [0.15, 0.2) is 18.2 Å². The Morgan fingerprint density at radius 1 is 1.43 bits per heavy atom. The van der Waals surface area contributed by atoms with Gasteiger partial charge in [0.1, 0.15) is 0 Å². The Balaban J connectivity index is 2.13. The summed E-state index contributed by atoms with van der Waals surface area (Å²) in [6.07, 6.45) is 1.34. The predicted octanol–water partition coefficient (Wildman–Crippen LogP) is 1.33. The Morgan fingerprint density at radius 3 is 3.05 bits per heavy atom. The van der Waals surface area contributed by atoms with Crippen molar-refractivity contribution in [2.75, 3.05) is 33.4 Å². The first kappa shape index (κ1) is 15.5. The third-order valence-corrected chi connectivity index (χ3v) is 3.69. The van der Waals surface area contributed by atoms with Gasteiger partial charge in [-0.25, -0.2) is 0 Å². The lowest BCUT2D eigenvalue weighted by Crippen LogP contribution is -2.35. The molecule has 1 heterocycles. The van der Waals surface area contributed by atoms with Crippen LogP contribution in [0, 0.1) is 11.3 Å². The van der Waals surface area contributed by atoms with Gasteiger partial charge in [0, 0.05) is 32.3 Å². The highest BCUT2D eigenvalue weighted by Crippen LogP contribution is 2.17. The summed E-state index contributed by atoms with van der Waals surface area (Å²) >= 11 is 0. The van der Waals surface area contributed by atoms with Gasteiger partial charge in [0.05, 0.1) is 19.1 Å². The molecule has 0 radical (unpaired) electrons. The Kier molecular flexibility index (Phi) is 5.73. The average Bonchev–Trinajstić information content (AvgIpc) is 2.54. The lowest BCUT2D eigenvalue weighted by Gasteiger charge is -2.23. The molecule has 0 saturated carbocycles. The fourth-order valence-electron chi connectivity index (χ4n) is 2.50. The fourth-order valence-corrected chi connectivity index (χ4v) is 2.50. The molecule has 1 aromatic rings. The van der Waals surface area contributed by atoms with Crippen LogP contribution in [0.4, 0.5) is 0 Å². The average molecular weight is 287 g/mol. The van der Waals surface area contributed by atoms with Gasteiger partial charge in [-0.15, -0.1) is 0 Å². The molecule has 0 saturated heterocycles. The van der Waals surface area contributed by atoms with Crippen LogP contribution >= 0.6 is 0 Å². The number of nitrogens with zero attached hydrogens (tertiary/aromatic N) is 2. The van der Waals surface area contributed by atoms with E-state index in [4.69, 9.17) is 10.00 Å². The minimum atomic E-state index is -0.0318. The quantitative estimate of drug-likeness (QED) is 0.857.